The molecule has 0 amide bonds. The Bertz CT molecular complexity index is 851. The second kappa shape index (κ2) is 6.50. The largest absolute Gasteiger partial charge is 0.355 e. The Kier molecular flexibility index (Phi) is 4.27. The Morgan fingerprint density at radius 3 is 2.59 bits per heavy atom. The smallest absolute Gasteiger partial charge is 0.229 e. The SMILES string of the molecule is Cn1cc(Nc2nccc(N3C[C@]4(C)CN(CCC#N)C[C@]4(C)C3)n2)cn1. The lowest BCUT2D eigenvalue weighted by Gasteiger charge is -2.30. The molecule has 142 valence electrons. The van der Waals surface area contributed by atoms with Gasteiger partial charge in [-0.25, -0.2) is 4.98 Å². The van der Waals surface area contributed by atoms with Crippen LogP contribution in [0.3, 0.4) is 0 Å². The van der Waals surface area contributed by atoms with Gasteiger partial charge in [-0.2, -0.15) is 15.3 Å². The lowest BCUT2D eigenvalue weighted by Crippen LogP contribution is -2.34. The summed E-state index contributed by atoms with van der Waals surface area (Å²) in [6.45, 7) is 9.62. The molecule has 0 saturated carbocycles. The molecule has 4 rings (SSSR count). The molecular formula is C19H26N8. The number of nitriles is 1. The zero-order valence-corrected chi connectivity index (χ0v) is 16.2. The molecule has 0 unspecified atom stereocenters. The first-order valence-corrected chi connectivity index (χ1v) is 9.34. The Hall–Kier alpha value is -2.66. The summed E-state index contributed by atoms with van der Waals surface area (Å²) in [7, 11) is 1.88. The number of nitrogens with one attached hydrogen (secondary N) is 1. The normalized spacial score (nSPS) is 27.6. The van der Waals surface area contributed by atoms with E-state index in [0.29, 0.717) is 12.4 Å². The van der Waals surface area contributed by atoms with Crippen molar-refractivity contribution in [3.63, 3.8) is 0 Å². The van der Waals surface area contributed by atoms with E-state index in [-0.39, 0.29) is 10.8 Å². The van der Waals surface area contributed by atoms with Gasteiger partial charge in [0.1, 0.15) is 5.82 Å². The molecule has 2 aromatic heterocycles. The first-order chi connectivity index (χ1) is 12.9. The molecular weight excluding hydrogens is 340 g/mol. The molecule has 0 aromatic carbocycles. The summed E-state index contributed by atoms with van der Waals surface area (Å²) >= 11 is 0. The second-order valence-electron chi connectivity index (χ2n) is 8.36. The molecule has 4 heterocycles. The third-order valence-electron chi connectivity index (χ3n) is 6.15. The van der Waals surface area contributed by atoms with Crippen LogP contribution in [-0.4, -0.2) is 57.4 Å². The minimum Gasteiger partial charge on any atom is -0.355 e. The third-order valence-corrected chi connectivity index (χ3v) is 6.15. The van der Waals surface area contributed by atoms with Crippen LogP contribution in [0.25, 0.3) is 0 Å². The lowest BCUT2D eigenvalue weighted by atomic mass is 9.71. The molecule has 0 radical (unpaired) electrons. The van der Waals surface area contributed by atoms with Crippen molar-refractivity contribution in [2.45, 2.75) is 20.3 Å². The van der Waals surface area contributed by atoms with Crippen molar-refractivity contribution < 1.29 is 0 Å². The van der Waals surface area contributed by atoms with Gasteiger partial charge in [0.2, 0.25) is 5.95 Å². The molecule has 2 aliphatic heterocycles. The van der Waals surface area contributed by atoms with Gasteiger partial charge in [-0.1, -0.05) is 13.8 Å². The molecule has 2 saturated heterocycles. The van der Waals surface area contributed by atoms with E-state index in [9.17, 15) is 0 Å². The molecule has 2 aromatic rings. The highest BCUT2D eigenvalue weighted by Crippen LogP contribution is 2.52. The Labute approximate surface area is 159 Å². The lowest BCUT2D eigenvalue weighted by molar-refractivity contribution is 0.212. The van der Waals surface area contributed by atoms with Crippen LogP contribution in [0.1, 0.15) is 20.3 Å². The van der Waals surface area contributed by atoms with Gasteiger partial charge in [-0.15, -0.1) is 0 Å². The Morgan fingerprint density at radius 1 is 1.22 bits per heavy atom. The van der Waals surface area contributed by atoms with Crippen LogP contribution in [-0.2, 0) is 7.05 Å². The van der Waals surface area contributed by atoms with Crippen molar-refractivity contribution in [1.29, 1.82) is 5.26 Å². The molecule has 27 heavy (non-hydrogen) atoms. The summed E-state index contributed by atoms with van der Waals surface area (Å²) in [5.41, 5.74) is 1.27. The number of likely N-dealkylation sites (tertiary alicyclic amines) is 1. The van der Waals surface area contributed by atoms with Gasteiger partial charge >= 0.3 is 0 Å². The van der Waals surface area contributed by atoms with Crippen LogP contribution in [0.2, 0.25) is 0 Å². The fraction of sp³-hybridized carbons (Fsp3) is 0.579. The molecule has 0 aliphatic carbocycles. The zero-order chi connectivity index (χ0) is 19.1. The van der Waals surface area contributed by atoms with Crippen LogP contribution >= 0.6 is 0 Å². The molecule has 2 atom stereocenters. The predicted octanol–water partition coefficient (Wildman–Crippen LogP) is 2.02. The third kappa shape index (κ3) is 3.23. The number of anilines is 3. The topological polar surface area (TPSA) is 85.9 Å². The fourth-order valence-electron chi connectivity index (χ4n) is 4.53. The average Bonchev–Trinajstić information content (AvgIpc) is 3.21. The molecule has 2 fully saturated rings. The van der Waals surface area contributed by atoms with Gasteiger partial charge < -0.3 is 15.1 Å². The predicted molar refractivity (Wildman–Crippen MR) is 104 cm³/mol. The first-order valence-electron chi connectivity index (χ1n) is 9.34. The first kappa shape index (κ1) is 17.7. The van der Waals surface area contributed by atoms with E-state index in [1.54, 1.807) is 17.1 Å². The standard InChI is InChI=1S/C19H26N8/c1-18-11-26(8-4-6-20)12-19(18,2)14-27(13-18)16-5-7-21-17(24-16)23-15-9-22-25(3)10-15/h5,7,9-10H,4,8,11-14H2,1-3H3,(H,21,23,24)/t18-,19+. The molecule has 0 bridgehead atoms. The second-order valence-corrected chi connectivity index (χ2v) is 8.36. The molecule has 8 heteroatoms. The van der Waals surface area contributed by atoms with Crippen LogP contribution in [0.4, 0.5) is 17.5 Å². The maximum atomic E-state index is 8.87. The summed E-state index contributed by atoms with van der Waals surface area (Å²) in [5, 5.41) is 16.2. The summed E-state index contributed by atoms with van der Waals surface area (Å²) in [6.07, 6.45) is 6.06. The average molecular weight is 366 g/mol. The number of hydrogen-bond acceptors (Lipinski definition) is 7. The molecule has 2 aliphatic rings. The number of hydrogen-bond donors (Lipinski definition) is 1. The highest BCUT2D eigenvalue weighted by molar-refractivity contribution is 5.53. The van der Waals surface area contributed by atoms with E-state index >= 15 is 0 Å². The fourth-order valence-corrected chi connectivity index (χ4v) is 4.53. The number of nitrogens with zero attached hydrogens (tertiary/aromatic N) is 7. The van der Waals surface area contributed by atoms with Gasteiger partial charge in [0.15, 0.2) is 0 Å². The molecule has 0 spiro atoms. The van der Waals surface area contributed by atoms with Crippen molar-refractivity contribution in [3.8, 4) is 6.07 Å². The maximum absolute atomic E-state index is 8.87. The van der Waals surface area contributed by atoms with Crippen LogP contribution in [0.15, 0.2) is 24.7 Å². The monoisotopic (exact) mass is 366 g/mol. The Morgan fingerprint density at radius 2 is 1.96 bits per heavy atom. The van der Waals surface area contributed by atoms with Gasteiger partial charge in [0.25, 0.3) is 0 Å². The summed E-state index contributed by atoms with van der Waals surface area (Å²) in [6, 6.07) is 4.25. The van der Waals surface area contributed by atoms with Crippen LogP contribution in [0.5, 0.6) is 0 Å². The summed E-state index contributed by atoms with van der Waals surface area (Å²) < 4.78 is 1.74. The highest BCUT2D eigenvalue weighted by atomic mass is 15.3. The van der Waals surface area contributed by atoms with E-state index in [2.05, 4.69) is 45.1 Å². The van der Waals surface area contributed by atoms with Gasteiger partial charge in [0.05, 0.1) is 18.0 Å². The summed E-state index contributed by atoms with van der Waals surface area (Å²) in [5.74, 6) is 1.54. The summed E-state index contributed by atoms with van der Waals surface area (Å²) in [4.78, 5) is 13.9. The quantitative estimate of drug-likeness (QED) is 0.866. The van der Waals surface area contributed by atoms with Crippen molar-refractivity contribution >= 4 is 17.5 Å². The van der Waals surface area contributed by atoms with Crippen LogP contribution < -0.4 is 10.2 Å². The van der Waals surface area contributed by atoms with Crippen LogP contribution in [0, 0.1) is 22.2 Å². The number of rotatable bonds is 5. The highest BCUT2D eigenvalue weighted by Gasteiger charge is 2.57. The number of aryl methyl sites for hydroxylation is 1. The van der Waals surface area contributed by atoms with Gasteiger partial charge in [0, 0.05) is 69.4 Å². The molecule has 8 nitrogen and oxygen atoms in total. The van der Waals surface area contributed by atoms with E-state index in [1.165, 1.54) is 0 Å². The van der Waals surface area contributed by atoms with Crippen molar-refractivity contribution in [2.75, 3.05) is 42.9 Å². The van der Waals surface area contributed by atoms with Crippen molar-refractivity contribution in [1.82, 2.24) is 24.6 Å². The van der Waals surface area contributed by atoms with E-state index in [4.69, 9.17) is 10.2 Å². The minimum absolute atomic E-state index is 0.199. The van der Waals surface area contributed by atoms with Gasteiger partial charge in [-0.3, -0.25) is 4.68 Å². The van der Waals surface area contributed by atoms with E-state index in [1.807, 2.05) is 19.3 Å². The zero-order valence-electron chi connectivity index (χ0n) is 16.2. The van der Waals surface area contributed by atoms with E-state index < -0.39 is 0 Å². The van der Waals surface area contributed by atoms with Crippen molar-refractivity contribution in [2.24, 2.45) is 17.9 Å². The van der Waals surface area contributed by atoms with E-state index in [0.717, 1.165) is 44.2 Å². The minimum atomic E-state index is 0.199. The molecule has 1 N–H and O–H groups in total. The number of fused-ring (bicyclic) bond motifs is 1. The number of aromatic nitrogens is 4. The maximum Gasteiger partial charge on any atom is 0.229 e. The Balaban J connectivity index is 1.48. The van der Waals surface area contributed by atoms with Gasteiger partial charge in [-0.05, 0) is 6.07 Å². The van der Waals surface area contributed by atoms with Crippen molar-refractivity contribution in [3.05, 3.63) is 24.7 Å².